The number of hydrogen-bond donors (Lipinski definition) is 1. The molecule has 1 aliphatic rings. The maximum atomic E-state index is 5.49. The van der Waals surface area contributed by atoms with Crippen LogP contribution in [0, 0.1) is 0 Å². The molecule has 2 aromatic heterocycles. The number of benzene rings is 1. The van der Waals surface area contributed by atoms with Gasteiger partial charge in [0, 0.05) is 34.5 Å². The Morgan fingerprint density at radius 3 is 2.96 bits per heavy atom. The van der Waals surface area contributed by atoms with E-state index in [1.807, 2.05) is 41.2 Å². The average molecular weight is 371 g/mol. The van der Waals surface area contributed by atoms with Crippen molar-refractivity contribution in [1.29, 1.82) is 0 Å². The molecule has 0 aliphatic carbocycles. The first-order valence-electron chi connectivity index (χ1n) is 7.38. The lowest BCUT2D eigenvalue weighted by molar-refractivity contribution is 0.412. The summed E-state index contributed by atoms with van der Waals surface area (Å²) in [6, 6.07) is 9.94. The highest BCUT2D eigenvalue weighted by molar-refractivity contribution is 9.10. The molecule has 0 saturated heterocycles. The van der Waals surface area contributed by atoms with E-state index in [0.717, 1.165) is 46.0 Å². The van der Waals surface area contributed by atoms with Crippen LogP contribution in [0.2, 0.25) is 0 Å². The molecule has 5 nitrogen and oxygen atoms in total. The first-order chi connectivity index (χ1) is 11.3. The molecule has 0 atom stereocenters. The van der Waals surface area contributed by atoms with E-state index in [9.17, 15) is 0 Å². The number of ether oxygens (including phenoxy) is 1. The number of pyridine rings is 1. The lowest BCUT2D eigenvalue weighted by atomic mass is 10.1. The smallest absolute Gasteiger partial charge is 0.144 e. The van der Waals surface area contributed by atoms with Crippen molar-refractivity contribution in [2.45, 2.75) is 6.42 Å². The van der Waals surface area contributed by atoms with Gasteiger partial charge in [-0.25, -0.2) is 4.68 Å². The van der Waals surface area contributed by atoms with Gasteiger partial charge < -0.3 is 10.1 Å². The number of nitrogens with zero attached hydrogens (tertiary/aromatic N) is 3. The van der Waals surface area contributed by atoms with Gasteiger partial charge in [0.2, 0.25) is 0 Å². The number of rotatable bonds is 3. The molecule has 23 heavy (non-hydrogen) atoms. The number of para-hydroxylation sites is 2. The normalized spacial score (nSPS) is 12.8. The molecule has 1 N–H and O–H groups in total. The fourth-order valence-corrected chi connectivity index (χ4v) is 3.29. The van der Waals surface area contributed by atoms with Crippen LogP contribution in [0.1, 0.15) is 5.56 Å². The van der Waals surface area contributed by atoms with E-state index in [2.05, 4.69) is 26.2 Å². The monoisotopic (exact) mass is 370 g/mol. The minimum absolute atomic E-state index is 0.797. The highest BCUT2D eigenvalue weighted by Crippen LogP contribution is 2.36. The van der Waals surface area contributed by atoms with Gasteiger partial charge in [0.1, 0.15) is 17.3 Å². The molecular formula is C17H15BrN4O. The number of nitrogens with one attached hydrogen (secondary N) is 1. The lowest BCUT2D eigenvalue weighted by Crippen LogP contribution is -2.05. The van der Waals surface area contributed by atoms with E-state index < -0.39 is 0 Å². The van der Waals surface area contributed by atoms with Crippen LogP contribution in [0.25, 0.3) is 16.9 Å². The summed E-state index contributed by atoms with van der Waals surface area (Å²) in [5, 5.41) is 8.27. The highest BCUT2D eigenvalue weighted by atomic mass is 79.9. The summed E-state index contributed by atoms with van der Waals surface area (Å²) in [6.07, 6.45) is 4.57. The van der Waals surface area contributed by atoms with Crippen LogP contribution >= 0.6 is 15.9 Å². The summed E-state index contributed by atoms with van der Waals surface area (Å²) in [5.74, 6) is 1.83. The van der Waals surface area contributed by atoms with Gasteiger partial charge in [-0.3, -0.25) is 4.98 Å². The average Bonchev–Trinajstić information content (AvgIpc) is 3.17. The topological polar surface area (TPSA) is 52.0 Å². The Bertz CT molecular complexity index is 875. The molecule has 0 unspecified atom stereocenters. The summed E-state index contributed by atoms with van der Waals surface area (Å²) in [6.45, 7) is 0.913. The molecule has 0 radical (unpaired) electrons. The second-order valence-electron chi connectivity index (χ2n) is 5.33. The van der Waals surface area contributed by atoms with Crippen molar-refractivity contribution >= 4 is 21.7 Å². The van der Waals surface area contributed by atoms with E-state index in [-0.39, 0.29) is 0 Å². The van der Waals surface area contributed by atoms with Crippen LogP contribution < -0.4 is 10.1 Å². The summed E-state index contributed by atoms with van der Waals surface area (Å²) in [4.78, 5) is 4.26. The van der Waals surface area contributed by atoms with Crippen LogP contribution in [-0.2, 0) is 6.42 Å². The predicted octanol–water partition coefficient (Wildman–Crippen LogP) is 3.67. The van der Waals surface area contributed by atoms with Gasteiger partial charge in [0.05, 0.1) is 12.8 Å². The van der Waals surface area contributed by atoms with Crippen molar-refractivity contribution < 1.29 is 4.74 Å². The second kappa shape index (κ2) is 5.70. The van der Waals surface area contributed by atoms with Crippen molar-refractivity contribution in [1.82, 2.24) is 14.8 Å². The summed E-state index contributed by atoms with van der Waals surface area (Å²) in [7, 11) is 1.68. The van der Waals surface area contributed by atoms with Crippen LogP contribution in [0.5, 0.6) is 5.75 Å². The molecule has 0 amide bonds. The Kier molecular flexibility index (Phi) is 3.53. The quantitative estimate of drug-likeness (QED) is 0.763. The molecule has 3 aromatic rings. The molecule has 0 fully saturated rings. The van der Waals surface area contributed by atoms with Crippen molar-refractivity contribution in [3.05, 3.63) is 52.8 Å². The third kappa shape index (κ3) is 2.39. The third-order valence-electron chi connectivity index (χ3n) is 3.94. The fourth-order valence-electron chi connectivity index (χ4n) is 2.93. The zero-order valence-corrected chi connectivity index (χ0v) is 14.2. The fraction of sp³-hybridized carbons (Fsp3) is 0.176. The summed E-state index contributed by atoms with van der Waals surface area (Å²) in [5.41, 5.74) is 4.11. The predicted molar refractivity (Wildman–Crippen MR) is 93.2 cm³/mol. The molecule has 1 aromatic carbocycles. The molecule has 4 rings (SSSR count). The summed E-state index contributed by atoms with van der Waals surface area (Å²) < 4.78 is 8.36. The molecule has 3 heterocycles. The molecule has 116 valence electrons. The van der Waals surface area contributed by atoms with Gasteiger partial charge in [-0.15, -0.1) is 0 Å². The third-order valence-corrected chi connectivity index (χ3v) is 4.38. The maximum absolute atomic E-state index is 5.49. The van der Waals surface area contributed by atoms with Crippen LogP contribution in [0.3, 0.4) is 0 Å². The zero-order chi connectivity index (χ0) is 15.8. The Morgan fingerprint density at radius 1 is 1.26 bits per heavy atom. The van der Waals surface area contributed by atoms with Crippen molar-refractivity contribution in [2.24, 2.45) is 0 Å². The van der Waals surface area contributed by atoms with E-state index in [4.69, 9.17) is 9.84 Å². The molecule has 0 bridgehead atoms. The van der Waals surface area contributed by atoms with Crippen molar-refractivity contribution in [3.63, 3.8) is 0 Å². The Labute approximate surface area is 142 Å². The molecular weight excluding hydrogens is 356 g/mol. The number of halogens is 1. The number of fused-ring (bicyclic) bond motifs is 1. The second-order valence-corrected chi connectivity index (χ2v) is 6.24. The Hall–Kier alpha value is -2.34. The molecule has 0 spiro atoms. The maximum Gasteiger partial charge on any atom is 0.144 e. The standard InChI is InChI=1S/C17H15BrN4O/c1-23-15-5-3-2-4-14(15)22-17-13(6-7-20-17)16(21-22)11-8-12(18)10-19-9-11/h2-5,8-10,20H,6-7H2,1H3. The van der Waals surface area contributed by atoms with E-state index >= 15 is 0 Å². The largest absolute Gasteiger partial charge is 0.494 e. The van der Waals surface area contributed by atoms with Crippen LogP contribution in [0.4, 0.5) is 5.82 Å². The van der Waals surface area contributed by atoms with E-state index in [1.165, 1.54) is 5.56 Å². The first-order valence-corrected chi connectivity index (χ1v) is 8.17. The van der Waals surface area contributed by atoms with Gasteiger partial charge >= 0.3 is 0 Å². The van der Waals surface area contributed by atoms with Crippen LogP contribution in [-0.4, -0.2) is 28.4 Å². The van der Waals surface area contributed by atoms with Gasteiger partial charge in [-0.05, 0) is 40.5 Å². The number of methoxy groups -OCH3 is 1. The molecule has 6 heteroatoms. The van der Waals surface area contributed by atoms with Gasteiger partial charge in [0.15, 0.2) is 0 Å². The molecule has 1 aliphatic heterocycles. The minimum atomic E-state index is 0.797. The van der Waals surface area contributed by atoms with Gasteiger partial charge in [-0.1, -0.05) is 12.1 Å². The Balaban J connectivity index is 1.92. The van der Waals surface area contributed by atoms with Gasteiger partial charge in [-0.2, -0.15) is 5.10 Å². The van der Waals surface area contributed by atoms with Gasteiger partial charge in [0.25, 0.3) is 0 Å². The van der Waals surface area contributed by atoms with Crippen molar-refractivity contribution in [3.8, 4) is 22.7 Å². The lowest BCUT2D eigenvalue weighted by Gasteiger charge is -2.10. The highest BCUT2D eigenvalue weighted by Gasteiger charge is 2.25. The minimum Gasteiger partial charge on any atom is -0.494 e. The van der Waals surface area contributed by atoms with E-state index in [1.54, 1.807) is 13.3 Å². The van der Waals surface area contributed by atoms with E-state index in [0.29, 0.717) is 0 Å². The van der Waals surface area contributed by atoms with Crippen LogP contribution in [0.15, 0.2) is 47.2 Å². The summed E-state index contributed by atoms with van der Waals surface area (Å²) >= 11 is 3.48. The number of anilines is 1. The van der Waals surface area contributed by atoms with Crippen molar-refractivity contribution in [2.75, 3.05) is 19.0 Å². The number of hydrogen-bond acceptors (Lipinski definition) is 4. The Morgan fingerprint density at radius 2 is 2.13 bits per heavy atom. The number of aromatic nitrogens is 3. The molecule has 0 saturated carbocycles. The first kappa shape index (κ1) is 14.3. The zero-order valence-electron chi connectivity index (χ0n) is 12.6. The SMILES string of the molecule is COc1ccccc1-n1nc(-c2cncc(Br)c2)c2c1NCC2.